The monoisotopic (exact) mass is 548 g/mol. The van der Waals surface area contributed by atoms with E-state index in [-0.39, 0.29) is 18.4 Å². The fourth-order valence-corrected chi connectivity index (χ4v) is 4.06. The van der Waals surface area contributed by atoms with Crippen molar-refractivity contribution in [3.8, 4) is 23.1 Å². The lowest BCUT2D eigenvalue weighted by molar-refractivity contribution is -0.128. The Balaban J connectivity index is 0.000000975. The third kappa shape index (κ3) is 11.1. The highest BCUT2D eigenvalue weighted by molar-refractivity contribution is 5.73. The summed E-state index contributed by atoms with van der Waals surface area (Å²) in [6, 6.07) is 7.25. The van der Waals surface area contributed by atoms with Crippen LogP contribution < -0.4 is 10.1 Å². The van der Waals surface area contributed by atoms with E-state index in [1.165, 1.54) is 18.6 Å². The van der Waals surface area contributed by atoms with Crippen LogP contribution in [0, 0.1) is 11.3 Å². The Morgan fingerprint density at radius 2 is 1.97 bits per heavy atom. The normalized spacial score (nSPS) is 12.8. The Hall–Kier alpha value is -3.32. The highest BCUT2D eigenvalue weighted by atomic mass is 19.3. The van der Waals surface area contributed by atoms with Crippen molar-refractivity contribution in [2.24, 2.45) is 0 Å². The van der Waals surface area contributed by atoms with Gasteiger partial charge in [0.25, 0.3) is 6.47 Å². The number of anilines is 1. The van der Waals surface area contributed by atoms with Crippen LogP contribution in [0.25, 0.3) is 11.3 Å². The van der Waals surface area contributed by atoms with Crippen molar-refractivity contribution in [1.82, 2.24) is 10.2 Å². The van der Waals surface area contributed by atoms with E-state index in [9.17, 15) is 18.8 Å². The highest BCUT2D eigenvalue weighted by Crippen LogP contribution is 2.34. The maximum absolute atomic E-state index is 12.7. The van der Waals surface area contributed by atoms with E-state index in [4.69, 9.17) is 4.74 Å². The number of fused-ring (bicyclic) bond motifs is 3. The number of alkyl halides is 2. The largest absolute Gasteiger partial charge is 0.468 e. The number of nitrogens with zero attached hydrogens (tertiary/aromatic N) is 3. The van der Waals surface area contributed by atoms with Crippen LogP contribution in [0.3, 0.4) is 0 Å². The van der Waals surface area contributed by atoms with Gasteiger partial charge in [-0.25, -0.2) is 0 Å². The molecule has 1 N–H and O–H groups in total. The molecule has 1 aliphatic heterocycles. The molecule has 0 bridgehead atoms. The lowest BCUT2D eigenvalue weighted by Crippen LogP contribution is -2.21. The number of unbranched alkanes of at least 4 members (excludes halogenated alkanes) is 2. The van der Waals surface area contributed by atoms with Crippen LogP contribution in [0.1, 0.15) is 89.8 Å². The quantitative estimate of drug-likeness (QED) is 0.235. The van der Waals surface area contributed by atoms with Gasteiger partial charge in [-0.3, -0.25) is 4.79 Å². The van der Waals surface area contributed by atoms with Crippen LogP contribution in [0.5, 0.6) is 5.75 Å². The second kappa shape index (κ2) is 19.7. The van der Waals surface area contributed by atoms with E-state index in [2.05, 4.69) is 44.9 Å². The third-order valence-corrected chi connectivity index (χ3v) is 5.94. The van der Waals surface area contributed by atoms with Crippen LogP contribution in [-0.4, -0.2) is 42.5 Å². The predicted octanol–water partition coefficient (Wildman–Crippen LogP) is 7.06. The first kappa shape index (κ1) is 33.7. The summed E-state index contributed by atoms with van der Waals surface area (Å²) in [7, 11) is 0. The van der Waals surface area contributed by atoms with Gasteiger partial charge < -0.3 is 19.5 Å². The summed E-state index contributed by atoms with van der Waals surface area (Å²) in [5.41, 5.74) is 3.29. The topological polar surface area (TPSA) is 106 Å². The molecule has 0 radical (unpaired) electrons. The van der Waals surface area contributed by atoms with Crippen LogP contribution in [0.4, 0.5) is 14.6 Å². The maximum Gasteiger partial charge on any atom is 0.387 e. The molecule has 1 aromatic carbocycles. The average molecular weight is 549 g/mol. The molecular weight excluding hydrogens is 506 g/mol. The van der Waals surface area contributed by atoms with E-state index in [0.717, 1.165) is 37.7 Å². The van der Waals surface area contributed by atoms with Gasteiger partial charge in [0.15, 0.2) is 5.82 Å². The number of aromatic nitrogens is 2. The van der Waals surface area contributed by atoms with Crippen molar-refractivity contribution in [1.29, 1.82) is 5.26 Å². The summed E-state index contributed by atoms with van der Waals surface area (Å²) in [6.07, 6.45) is 6.72. The molecule has 1 atom stereocenters. The number of ether oxygens (including phenoxy) is 3. The predicted molar refractivity (Wildman–Crippen MR) is 148 cm³/mol. The number of hydrogen-bond acceptors (Lipinski definition) is 8. The summed E-state index contributed by atoms with van der Waals surface area (Å²) in [5.74, 6) is 0.571. The van der Waals surface area contributed by atoms with E-state index < -0.39 is 6.61 Å². The summed E-state index contributed by atoms with van der Waals surface area (Å²) < 4.78 is 39.7. The Labute approximate surface area is 231 Å². The molecule has 10 heteroatoms. The van der Waals surface area contributed by atoms with E-state index in [1.807, 2.05) is 13.8 Å². The molecule has 0 saturated heterocycles. The van der Waals surface area contributed by atoms with Gasteiger partial charge in [-0.15, -0.1) is 10.2 Å². The lowest BCUT2D eigenvalue weighted by Gasteiger charge is -2.20. The number of halogens is 2. The summed E-state index contributed by atoms with van der Waals surface area (Å²) >= 11 is 0. The van der Waals surface area contributed by atoms with Crippen molar-refractivity contribution in [2.45, 2.75) is 98.8 Å². The number of hydrogen-bond donors (Lipinski definition) is 1. The zero-order valence-corrected chi connectivity index (χ0v) is 23.8. The Bertz CT molecular complexity index is 1030. The zero-order chi connectivity index (χ0) is 29.0. The molecule has 8 nitrogen and oxygen atoms in total. The van der Waals surface area contributed by atoms with Crippen molar-refractivity contribution in [3.05, 3.63) is 34.9 Å². The maximum atomic E-state index is 12.7. The van der Waals surface area contributed by atoms with E-state index in [1.54, 1.807) is 13.0 Å². The third-order valence-electron chi connectivity index (χ3n) is 5.94. The van der Waals surface area contributed by atoms with Gasteiger partial charge >= 0.3 is 6.61 Å². The average Bonchev–Trinajstić information content (AvgIpc) is 3.02. The Kier molecular flexibility index (Phi) is 17.0. The van der Waals surface area contributed by atoms with Crippen LogP contribution >= 0.6 is 0 Å². The Morgan fingerprint density at radius 3 is 2.56 bits per heavy atom. The molecule has 0 saturated carbocycles. The first-order valence-corrected chi connectivity index (χ1v) is 13.8. The fraction of sp³-hybridized carbons (Fsp3) is 0.586. The molecule has 0 spiro atoms. The molecule has 2 heterocycles. The molecule has 0 aliphatic carbocycles. The minimum absolute atomic E-state index is 0.0627. The van der Waals surface area contributed by atoms with Crippen molar-refractivity contribution < 1.29 is 27.8 Å². The number of nitrogens with one attached hydrogen (secondary N) is 1. The van der Waals surface area contributed by atoms with Gasteiger partial charge in [0.1, 0.15) is 17.4 Å². The highest BCUT2D eigenvalue weighted by Gasteiger charge is 2.22. The molecule has 39 heavy (non-hydrogen) atoms. The minimum atomic E-state index is -2.90. The smallest absolute Gasteiger partial charge is 0.387 e. The molecule has 3 rings (SSSR count). The van der Waals surface area contributed by atoms with Gasteiger partial charge in [-0.2, -0.15) is 14.0 Å². The molecule has 1 aliphatic rings. The number of carbonyl (C=O) groups is 1. The van der Waals surface area contributed by atoms with Gasteiger partial charge in [0, 0.05) is 23.8 Å². The molecule has 0 fully saturated rings. The van der Waals surface area contributed by atoms with Gasteiger partial charge in [0.05, 0.1) is 18.9 Å². The summed E-state index contributed by atoms with van der Waals surface area (Å²) in [6.45, 7) is 8.79. The van der Waals surface area contributed by atoms with Crippen molar-refractivity contribution >= 4 is 12.3 Å². The number of nitriles is 1. The molecule has 0 amide bonds. The Morgan fingerprint density at radius 1 is 1.21 bits per heavy atom. The second-order valence-electron chi connectivity index (χ2n) is 8.51. The SMILES string of the molecule is CC.CCCCCC(CC)Nc1nnc2c(c1C#N)CCCOCc1cc(OC(F)F)ccc1-2.CCOC=O. The van der Waals surface area contributed by atoms with Gasteiger partial charge in [0.2, 0.25) is 0 Å². The molecule has 2 aromatic rings. The van der Waals surface area contributed by atoms with Crippen LogP contribution in [0.15, 0.2) is 18.2 Å². The first-order chi connectivity index (χ1) is 19.0. The lowest BCUT2D eigenvalue weighted by atomic mass is 9.95. The van der Waals surface area contributed by atoms with Gasteiger partial charge in [-0.1, -0.05) is 47.0 Å². The fourth-order valence-electron chi connectivity index (χ4n) is 4.06. The van der Waals surface area contributed by atoms with Crippen molar-refractivity contribution in [3.63, 3.8) is 0 Å². The molecule has 1 aromatic heterocycles. The first-order valence-electron chi connectivity index (χ1n) is 13.8. The zero-order valence-electron chi connectivity index (χ0n) is 23.8. The number of rotatable bonds is 11. The molecule has 1 unspecified atom stereocenters. The molecule has 216 valence electrons. The molecular formula is C29H42F2N4O4. The summed E-state index contributed by atoms with van der Waals surface area (Å²) in [5, 5.41) is 22.3. The van der Waals surface area contributed by atoms with Crippen molar-refractivity contribution in [2.75, 3.05) is 18.5 Å². The van der Waals surface area contributed by atoms with Crippen LogP contribution in [0.2, 0.25) is 0 Å². The van der Waals surface area contributed by atoms with E-state index in [0.29, 0.717) is 54.3 Å². The number of benzene rings is 1. The number of carbonyl (C=O) groups excluding carboxylic acids is 1. The second-order valence-corrected chi connectivity index (χ2v) is 8.51. The summed E-state index contributed by atoms with van der Waals surface area (Å²) in [4.78, 5) is 9.18. The standard InChI is InChI=1S/C24H30F2N4O2.C3H6O2.C2H6/c1-3-5-6-8-17(4-2)28-23-21(14-27)20-9-7-12-31-15-16-13-18(32-24(25)26)10-11-19(16)22(20)29-30-23;1-2-5-3-4;1-2/h10-11,13,17,24H,3-9,12,15H2,1-2H3,(H,28,30);3H,2H2,1H3;1-2H3. The minimum Gasteiger partial charge on any atom is -0.468 e. The van der Waals surface area contributed by atoms with Gasteiger partial charge in [-0.05, 0) is 56.4 Å². The van der Waals surface area contributed by atoms with E-state index >= 15 is 0 Å². The van der Waals surface area contributed by atoms with Crippen LogP contribution in [-0.2, 0) is 27.3 Å².